The van der Waals surface area contributed by atoms with Crippen LogP contribution >= 0.6 is 0 Å². The number of hydrogen-bond acceptors (Lipinski definition) is 6. The lowest BCUT2D eigenvalue weighted by molar-refractivity contribution is -0.140. The maximum absolute atomic E-state index is 12.6. The molecule has 7 heteroatoms. The number of nitrogens with zero attached hydrogens (tertiary/aromatic N) is 2. The fourth-order valence-corrected chi connectivity index (χ4v) is 4.61. The van der Waals surface area contributed by atoms with Crippen molar-refractivity contribution >= 4 is 24.0 Å². The maximum Gasteiger partial charge on any atom is 0.337 e. The van der Waals surface area contributed by atoms with E-state index in [-0.39, 0.29) is 35.5 Å². The van der Waals surface area contributed by atoms with Gasteiger partial charge in [-0.15, -0.1) is 0 Å². The van der Waals surface area contributed by atoms with E-state index in [4.69, 9.17) is 9.15 Å². The topological polar surface area (TPSA) is 89.2 Å². The lowest BCUT2D eigenvalue weighted by Gasteiger charge is -2.13. The lowest BCUT2D eigenvalue weighted by atomic mass is 9.85. The summed E-state index contributed by atoms with van der Waals surface area (Å²) in [5.74, 6) is -0.196. The Hall–Kier alpha value is -3.48. The van der Waals surface area contributed by atoms with Crippen LogP contribution in [0.3, 0.4) is 0 Å². The second-order valence-corrected chi connectivity index (χ2v) is 7.51. The van der Waals surface area contributed by atoms with E-state index in [0.29, 0.717) is 22.6 Å². The summed E-state index contributed by atoms with van der Waals surface area (Å²) in [6.45, 7) is 0. The summed E-state index contributed by atoms with van der Waals surface area (Å²) in [7, 11) is 1.33. The summed E-state index contributed by atoms with van der Waals surface area (Å²) in [4.78, 5) is 37.0. The molecule has 146 valence electrons. The van der Waals surface area contributed by atoms with Gasteiger partial charge < -0.3 is 9.15 Å². The van der Waals surface area contributed by atoms with Crippen LogP contribution in [0.15, 0.2) is 58.1 Å². The molecule has 1 saturated carbocycles. The molecule has 1 aliphatic heterocycles. The fourth-order valence-electron chi connectivity index (χ4n) is 4.61. The Bertz CT molecular complexity index is 1050. The van der Waals surface area contributed by atoms with Crippen molar-refractivity contribution in [1.29, 1.82) is 0 Å². The quantitative estimate of drug-likeness (QED) is 0.347. The third kappa shape index (κ3) is 2.73. The van der Waals surface area contributed by atoms with Gasteiger partial charge in [0.2, 0.25) is 0 Å². The van der Waals surface area contributed by atoms with Gasteiger partial charge in [0.1, 0.15) is 11.5 Å². The zero-order valence-corrected chi connectivity index (χ0v) is 15.6. The number of benzene rings is 1. The van der Waals surface area contributed by atoms with Crippen LogP contribution in [0.4, 0.5) is 0 Å². The van der Waals surface area contributed by atoms with Crippen molar-refractivity contribution in [2.24, 2.45) is 28.8 Å². The Kier molecular flexibility index (Phi) is 3.97. The maximum atomic E-state index is 12.6. The number of carbonyl (C=O) groups excluding carboxylic acids is 3. The molecule has 0 spiro atoms. The Balaban J connectivity index is 1.35. The van der Waals surface area contributed by atoms with Crippen molar-refractivity contribution in [1.82, 2.24) is 5.01 Å². The summed E-state index contributed by atoms with van der Waals surface area (Å²) in [6.07, 6.45) is 6.35. The van der Waals surface area contributed by atoms with Gasteiger partial charge in [-0.3, -0.25) is 9.59 Å². The Labute approximate surface area is 166 Å². The van der Waals surface area contributed by atoms with E-state index in [0.717, 1.165) is 11.4 Å². The van der Waals surface area contributed by atoms with Crippen LogP contribution in [-0.2, 0) is 14.3 Å². The van der Waals surface area contributed by atoms with Crippen molar-refractivity contribution < 1.29 is 23.5 Å². The van der Waals surface area contributed by atoms with E-state index in [2.05, 4.69) is 5.10 Å². The number of ether oxygens (including phenoxy) is 1. The molecule has 3 aliphatic rings. The molecule has 1 aromatic heterocycles. The molecule has 1 aromatic carbocycles. The van der Waals surface area contributed by atoms with Crippen LogP contribution in [0.25, 0.3) is 11.3 Å². The number of methoxy groups -OCH3 is 1. The van der Waals surface area contributed by atoms with Crippen molar-refractivity contribution in [2.45, 2.75) is 6.42 Å². The summed E-state index contributed by atoms with van der Waals surface area (Å²) in [5, 5.41) is 5.10. The fraction of sp³-hybridized carbons (Fsp3) is 0.273. The monoisotopic (exact) mass is 390 g/mol. The first-order valence-electron chi connectivity index (χ1n) is 9.45. The summed E-state index contributed by atoms with van der Waals surface area (Å²) in [6, 6.07) is 10.3. The van der Waals surface area contributed by atoms with E-state index < -0.39 is 5.97 Å². The van der Waals surface area contributed by atoms with E-state index in [9.17, 15) is 14.4 Å². The molecule has 4 unspecified atom stereocenters. The zero-order valence-electron chi connectivity index (χ0n) is 15.6. The van der Waals surface area contributed by atoms with Crippen molar-refractivity contribution in [3.05, 3.63) is 59.9 Å². The normalized spacial score (nSPS) is 27.3. The van der Waals surface area contributed by atoms with Crippen molar-refractivity contribution in [3.8, 4) is 11.3 Å². The molecule has 1 saturated heterocycles. The molecule has 2 bridgehead atoms. The third-order valence-electron chi connectivity index (χ3n) is 5.94. The molecule has 29 heavy (non-hydrogen) atoms. The minimum absolute atomic E-state index is 0.152. The number of fused-ring (bicyclic) bond motifs is 5. The highest BCUT2D eigenvalue weighted by molar-refractivity contribution is 6.06. The van der Waals surface area contributed by atoms with Crippen molar-refractivity contribution in [3.63, 3.8) is 0 Å². The minimum Gasteiger partial charge on any atom is -0.465 e. The number of amides is 2. The number of carbonyl (C=O) groups is 3. The molecule has 2 fully saturated rings. The number of hydrazone groups is 1. The molecule has 2 aromatic rings. The van der Waals surface area contributed by atoms with Crippen LogP contribution in [0.5, 0.6) is 0 Å². The Morgan fingerprint density at radius 2 is 1.86 bits per heavy atom. The molecular weight excluding hydrogens is 372 g/mol. The first-order valence-corrected chi connectivity index (χ1v) is 9.45. The largest absolute Gasteiger partial charge is 0.465 e. The molecule has 2 heterocycles. The average molecular weight is 390 g/mol. The number of rotatable bonds is 4. The summed E-state index contributed by atoms with van der Waals surface area (Å²) >= 11 is 0. The Morgan fingerprint density at radius 3 is 2.55 bits per heavy atom. The molecule has 2 aliphatic carbocycles. The van der Waals surface area contributed by atoms with Crippen molar-refractivity contribution in [2.75, 3.05) is 7.11 Å². The molecule has 2 amide bonds. The van der Waals surface area contributed by atoms with Crippen LogP contribution in [0.1, 0.15) is 22.5 Å². The van der Waals surface area contributed by atoms with Gasteiger partial charge in [-0.25, -0.2) is 4.79 Å². The second kappa shape index (κ2) is 6.55. The smallest absolute Gasteiger partial charge is 0.337 e. The van der Waals surface area contributed by atoms with Crippen LogP contribution < -0.4 is 0 Å². The SMILES string of the molecule is COC(=O)c1cccc(-c2ccc(C=NN3C(=O)C4C5C=CC(C5)C4C3=O)o2)c1. The third-order valence-corrected chi connectivity index (χ3v) is 5.94. The predicted molar refractivity (Wildman–Crippen MR) is 103 cm³/mol. The molecule has 7 nitrogen and oxygen atoms in total. The van der Waals surface area contributed by atoms with Gasteiger partial charge in [0.05, 0.1) is 30.7 Å². The van der Waals surface area contributed by atoms with E-state index in [1.165, 1.54) is 13.3 Å². The number of esters is 1. The van der Waals surface area contributed by atoms with E-state index >= 15 is 0 Å². The number of hydrogen-bond donors (Lipinski definition) is 0. The van der Waals surface area contributed by atoms with Gasteiger partial charge in [-0.05, 0) is 42.5 Å². The van der Waals surface area contributed by atoms with Gasteiger partial charge in [0.15, 0.2) is 0 Å². The van der Waals surface area contributed by atoms with Gasteiger partial charge in [-0.2, -0.15) is 10.1 Å². The molecule has 0 radical (unpaired) electrons. The first-order chi connectivity index (χ1) is 14.1. The molecule has 4 atom stereocenters. The lowest BCUT2D eigenvalue weighted by Crippen LogP contribution is -2.28. The van der Waals surface area contributed by atoms with E-state index in [1.54, 1.807) is 30.3 Å². The van der Waals surface area contributed by atoms with Gasteiger partial charge in [0.25, 0.3) is 11.8 Å². The highest BCUT2D eigenvalue weighted by Gasteiger charge is 2.59. The van der Waals surface area contributed by atoms with Gasteiger partial charge in [0, 0.05) is 5.56 Å². The van der Waals surface area contributed by atoms with Crippen LogP contribution in [0.2, 0.25) is 0 Å². The minimum atomic E-state index is -0.430. The average Bonchev–Trinajstić information content (AvgIpc) is 3.51. The zero-order chi connectivity index (χ0) is 20.1. The Morgan fingerprint density at radius 1 is 1.14 bits per heavy atom. The van der Waals surface area contributed by atoms with Crippen LogP contribution in [0, 0.1) is 23.7 Å². The van der Waals surface area contributed by atoms with E-state index in [1.807, 2.05) is 18.2 Å². The summed E-state index contributed by atoms with van der Waals surface area (Å²) in [5.41, 5.74) is 1.12. The predicted octanol–water partition coefficient (Wildman–Crippen LogP) is 2.87. The summed E-state index contributed by atoms with van der Waals surface area (Å²) < 4.78 is 10.5. The number of allylic oxidation sites excluding steroid dienone is 2. The number of furan rings is 1. The second-order valence-electron chi connectivity index (χ2n) is 7.51. The van der Waals surface area contributed by atoms with Crippen LogP contribution in [-0.4, -0.2) is 36.1 Å². The highest BCUT2D eigenvalue weighted by Crippen LogP contribution is 2.52. The molecule has 5 rings (SSSR count). The molecular formula is C22H18N2O5. The standard InChI is InChI=1S/C22H18N2O5/c1-28-22(27)15-4-2-3-12(9-15)17-8-7-16(29-17)11-23-24-20(25)18-13-5-6-14(10-13)19(18)21(24)26/h2-9,11,13-14,18-19H,10H2,1H3. The van der Waals surface area contributed by atoms with Gasteiger partial charge >= 0.3 is 5.97 Å². The first kappa shape index (κ1) is 17.6. The highest BCUT2D eigenvalue weighted by atomic mass is 16.5. The molecule has 0 N–H and O–H groups in total. The van der Waals surface area contributed by atoms with Gasteiger partial charge in [-0.1, -0.05) is 24.3 Å². The number of imide groups is 1.